The van der Waals surface area contributed by atoms with Crippen molar-refractivity contribution in [1.29, 1.82) is 0 Å². The van der Waals surface area contributed by atoms with E-state index < -0.39 is 0 Å². The predicted octanol–water partition coefficient (Wildman–Crippen LogP) is 13.8. The SMILES string of the molecule is c1cc(-c2nc(-c3ccc4ccc5ccccc5c4c3)nc(-c3cccc4ccccc34)n2)cc(-n2c3ccccc3c3c4cccc5c4n(c32)-c2ccccc2S5)c1. The Balaban J connectivity index is 1.07. The molecule has 0 spiro atoms. The maximum absolute atomic E-state index is 5.29. The van der Waals surface area contributed by atoms with E-state index in [1.807, 2.05) is 11.8 Å². The first-order valence-corrected chi connectivity index (χ1v) is 20.7. The summed E-state index contributed by atoms with van der Waals surface area (Å²) in [5.74, 6) is 1.90. The van der Waals surface area contributed by atoms with Crippen LogP contribution in [0.1, 0.15) is 0 Å². The molecular weight excluding hydrogens is 739 g/mol. The van der Waals surface area contributed by atoms with E-state index in [2.05, 4.69) is 197 Å². The van der Waals surface area contributed by atoms with Crippen molar-refractivity contribution < 1.29 is 0 Å². The molecule has 0 radical (unpaired) electrons. The summed E-state index contributed by atoms with van der Waals surface area (Å²) in [5.41, 5.74) is 8.61. The zero-order valence-corrected chi connectivity index (χ0v) is 32.4. The van der Waals surface area contributed by atoms with Crippen molar-refractivity contribution >= 4 is 76.9 Å². The van der Waals surface area contributed by atoms with Crippen LogP contribution in [0.2, 0.25) is 0 Å². The van der Waals surface area contributed by atoms with Gasteiger partial charge in [0.1, 0.15) is 5.65 Å². The van der Waals surface area contributed by atoms with Gasteiger partial charge in [0.05, 0.1) is 16.7 Å². The quantitative estimate of drug-likeness (QED) is 0.167. The van der Waals surface area contributed by atoms with Gasteiger partial charge in [0.25, 0.3) is 0 Å². The molecule has 3 aromatic heterocycles. The molecule has 0 bridgehead atoms. The maximum atomic E-state index is 5.29. The van der Waals surface area contributed by atoms with Gasteiger partial charge < -0.3 is 0 Å². The highest BCUT2D eigenvalue weighted by Gasteiger charge is 2.28. The third-order valence-electron chi connectivity index (χ3n) is 11.9. The molecule has 13 rings (SSSR count). The Bertz CT molecular complexity index is 3720. The molecule has 12 aromatic rings. The van der Waals surface area contributed by atoms with Crippen molar-refractivity contribution in [1.82, 2.24) is 24.1 Å². The molecule has 4 heterocycles. The summed E-state index contributed by atoms with van der Waals surface area (Å²) in [5, 5.41) is 10.7. The Morgan fingerprint density at radius 1 is 0.390 bits per heavy atom. The molecule has 1 aliphatic heterocycles. The minimum absolute atomic E-state index is 0.621. The molecule has 1 aliphatic rings. The number of fused-ring (bicyclic) bond motifs is 11. The molecule has 0 saturated heterocycles. The smallest absolute Gasteiger partial charge is 0.164 e. The largest absolute Gasteiger partial charge is 0.295 e. The molecule has 0 fully saturated rings. The van der Waals surface area contributed by atoms with Crippen molar-refractivity contribution in [3.63, 3.8) is 0 Å². The van der Waals surface area contributed by atoms with E-state index in [0.717, 1.165) is 44.3 Å². The van der Waals surface area contributed by atoms with Crippen LogP contribution in [0.3, 0.4) is 0 Å². The topological polar surface area (TPSA) is 48.5 Å². The molecule has 0 atom stereocenters. The fraction of sp³-hybridized carbons (Fsp3) is 0. The number of benzene rings is 9. The molecule has 9 aromatic carbocycles. The van der Waals surface area contributed by atoms with Gasteiger partial charge in [-0.05, 0) is 74.8 Å². The summed E-state index contributed by atoms with van der Waals surface area (Å²) in [6.07, 6.45) is 0. The molecule has 0 amide bonds. The van der Waals surface area contributed by atoms with Gasteiger partial charge in [-0.2, -0.15) is 0 Å². The molecule has 0 N–H and O–H groups in total. The average molecular weight is 770 g/mol. The van der Waals surface area contributed by atoms with Crippen LogP contribution in [0.25, 0.3) is 111 Å². The lowest BCUT2D eigenvalue weighted by Crippen LogP contribution is -2.06. The zero-order valence-electron chi connectivity index (χ0n) is 31.5. The third kappa shape index (κ3) is 4.84. The van der Waals surface area contributed by atoms with Gasteiger partial charge in [-0.25, -0.2) is 15.0 Å². The van der Waals surface area contributed by atoms with E-state index in [9.17, 15) is 0 Å². The van der Waals surface area contributed by atoms with E-state index in [4.69, 9.17) is 15.0 Å². The average Bonchev–Trinajstić information content (AvgIpc) is 3.82. The second-order valence-electron chi connectivity index (χ2n) is 15.2. The highest BCUT2D eigenvalue weighted by atomic mass is 32.2. The Kier molecular flexibility index (Phi) is 6.88. The summed E-state index contributed by atoms with van der Waals surface area (Å²) in [6, 6.07) is 67.2. The lowest BCUT2D eigenvalue weighted by molar-refractivity contribution is 1.02. The van der Waals surface area contributed by atoms with Crippen LogP contribution in [0.5, 0.6) is 0 Å². The van der Waals surface area contributed by atoms with Crippen molar-refractivity contribution in [2.75, 3.05) is 0 Å². The summed E-state index contributed by atoms with van der Waals surface area (Å²) >= 11 is 1.85. The summed E-state index contributed by atoms with van der Waals surface area (Å²) < 4.78 is 4.90. The standard InChI is InChI=1S/C53H31N5S/c1-3-17-38-32(12-1)14-10-20-40(38)52-55-50(54-51(56-52)36-29-28-34-27-26-33-13-2-4-18-39(33)43(34)31-36)35-15-9-16-37(30-35)57-44-22-6-5-19-41(44)48-42-21-11-25-47-49(42)58(53(48)57)45-23-7-8-24-46(45)59-47/h1-31H. The van der Waals surface area contributed by atoms with Crippen LogP contribution in [-0.4, -0.2) is 24.1 Å². The molecule has 6 heteroatoms. The Morgan fingerprint density at radius 3 is 1.88 bits per heavy atom. The molecule has 0 aliphatic carbocycles. The predicted molar refractivity (Wildman–Crippen MR) is 244 cm³/mol. The molecule has 274 valence electrons. The van der Waals surface area contributed by atoms with Crippen LogP contribution < -0.4 is 0 Å². The minimum atomic E-state index is 0.621. The van der Waals surface area contributed by atoms with Crippen molar-refractivity contribution in [3.8, 4) is 45.5 Å². The number of aromatic nitrogens is 5. The van der Waals surface area contributed by atoms with Gasteiger partial charge >= 0.3 is 0 Å². The van der Waals surface area contributed by atoms with Crippen molar-refractivity contribution in [3.05, 3.63) is 188 Å². The van der Waals surface area contributed by atoms with Crippen LogP contribution >= 0.6 is 11.8 Å². The Morgan fingerprint density at radius 2 is 1.00 bits per heavy atom. The van der Waals surface area contributed by atoms with E-state index in [0.29, 0.717) is 17.5 Å². The van der Waals surface area contributed by atoms with Gasteiger partial charge in [0.15, 0.2) is 17.5 Å². The van der Waals surface area contributed by atoms with Crippen LogP contribution in [0, 0.1) is 0 Å². The molecular formula is C53H31N5S. The van der Waals surface area contributed by atoms with Gasteiger partial charge in [0, 0.05) is 48.3 Å². The number of para-hydroxylation sites is 3. The number of hydrogen-bond donors (Lipinski definition) is 0. The van der Waals surface area contributed by atoms with Gasteiger partial charge in [-0.3, -0.25) is 9.13 Å². The lowest BCUT2D eigenvalue weighted by atomic mass is 9.99. The summed E-state index contributed by atoms with van der Waals surface area (Å²) in [4.78, 5) is 18.3. The molecule has 0 unspecified atom stereocenters. The minimum Gasteiger partial charge on any atom is -0.295 e. The maximum Gasteiger partial charge on any atom is 0.164 e. The Hall–Kier alpha value is -7.54. The van der Waals surface area contributed by atoms with E-state index >= 15 is 0 Å². The van der Waals surface area contributed by atoms with Crippen LogP contribution in [0.4, 0.5) is 0 Å². The van der Waals surface area contributed by atoms with E-state index in [-0.39, 0.29) is 0 Å². The lowest BCUT2D eigenvalue weighted by Gasteiger charge is -2.21. The van der Waals surface area contributed by atoms with Crippen LogP contribution in [-0.2, 0) is 0 Å². The van der Waals surface area contributed by atoms with Gasteiger partial charge in [-0.15, -0.1) is 0 Å². The molecule has 5 nitrogen and oxygen atoms in total. The number of rotatable bonds is 4. The third-order valence-corrected chi connectivity index (χ3v) is 13.0. The summed E-state index contributed by atoms with van der Waals surface area (Å²) in [7, 11) is 0. The van der Waals surface area contributed by atoms with E-state index in [1.54, 1.807) is 0 Å². The first kappa shape index (κ1) is 32.5. The Labute approximate surface area is 342 Å². The van der Waals surface area contributed by atoms with E-state index in [1.165, 1.54) is 58.7 Å². The first-order valence-electron chi connectivity index (χ1n) is 19.9. The van der Waals surface area contributed by atoms with Crippen molar-refractivity contribution in [2.45, 2.75) is 9.79 Å². The van der Waals surface area contributed by atoms with Gasteiger partial charge in [0.2, 0.25) is 0 Å². The molecule has 0 saturated carbocycles. The zero-order chi connectivity index (χ0) is 38.6. The fourth-order valence-electron chi connectivity index (χ4n) is 9.29. The highest BCUT2D eigenvalue weighted by Crippen LogP contribution is 2.49. The summed E-state index contributed by atoms with van der Waals surface area (Å²) in [6.45, 7) is 0. The van der Waals surface area contributed by atoms with Crippen LogP contribution in [0.15, 0.2) is 198 Å². The molecule has 59 heavy (non-hydrogen) atoms. The van der Waals surface area contributed by atoms with Crippen molar-refractivity contribution in [2.24, 2.45) is 0 Å². The fourth-order valence-corrected chi connectivity index (χ4v) is 10.4. The second-order valence-corrected chi connectivity index (χ2v) is 16.3. The highest BCUT2D eigenvalue weighted by molar-refractivity contribution is 7.99. The van der Waals surface area contributed by atoms with Gasteiger partial charge in [-0.1, -0.05) is 157 Å². The first-order chi connectivity index (χ1) is 29.2. The second kappa shape index (κ2) is 12.5. The normalized spacial score (nSPS) is 12.3. The number of hydrogen-bond acceptors (Lipinski definition) is 4. The monoisotopic (exact) mass is 769 g/mol. The number of nitrogens with zero attached hydrogens (tertiary/aromatic N) is 5.